The highest BCUT2D eigenvalue weighted by molar-refractivity contribution is 5.93. The number of carbonyl (C=O) groups excluding carboxylic acids is 1. The van der Waals surface area contributed by atoms with E-state index >= 15 is 0 Å². The van der Waals surface area contributed by atoms with Crippen LogP contribution in [0, 0.1) is 11.8 Å². The lowest BCUT2D eigenvalue weighted by molar-refractivity contribution is 0.0334. The largest absolute Gasteiger partial charge is 0.454 e. The van der Waals surface area contributed by atoms with E-state index in [9.17, 15) is 4.79 Å². The van der Waals surface area contributed by atoms with Crippen molar-refractivity contribution in [2.45, 2.75) is 52.6 Å². The van der Waals surface area contributed by atoms with Crippen LogP contribution in [0.5, 0.6) is 0 Å². The van der Waals surface area contributed by atoms with E-state index in [1.807, 2.05) is 24.3 Å². The Morgan fingerprint density at radius 2 is 1.89 bits per heavy atom. The molecule has 0 saturated heterocycles. The molecule has 0 aromatic heterocycles. The maximum atomic E-state index is 11.7. The number of benzene rings is 1. The van der Waals surface area contributed by atoms with Crippen LogP contribution < -0.4 is 0 Å². The predicted octanol–water partition coefficient (Wildman–Crippen LogP) is 4.75. The fourth-order valence-corrected chi connectivity index (χ4v) is 2.75. The number of carbonyl (C=O) groups is 1. The van der Waals surface area contributed by atoms with Gasteiger partial charge in [0.05, 0.1) is 5.56 Å². The molecule has 19 heavy (non-hydrogen) atoms. The molecule has 1 heterocycles. The van der Waals surface area contributed by atoms with Crippen LogP contribution in [0.4, 0.5) is 0 Å². The molecule has 2 nitrogen and oxygen atoms in total. The molecule has 2 atom stereocenters. The molecule has 0 saturated carbocycles. The Morgan fingerprint density at radius 1 is 1.16 bits per heavy atom. The highest BCUT2D eigenvalue weighted by Gasteiger charge is 2.31. The Balaban J connectivity index is 1.89. The molecule has 104 valence electrons. The molecule has 0 N–H and O–H groups in total. The number of hydrogen-bond donors (Lipinski definition) is 0. The second-order valence-corrected chi connectivity index (χ2v) is 6.15. The lowest BCUT2D eigenvalue weighted by Crippen LogP contribution is -2.05. The number of rotatable bonds is 6. The molecule has 1 aromatic carbocycles. The van der Waals surface area contributed by atoms with Crippen LogP contribution in [-0.4, -0.2) is 5.97 Å². The van der Waals surface area contributed by atoms with Gasteiger partial charge >= 0.3 is 5.97 Å². The normalized spacial score (nSPS) is 19.4. The van der Waals surface area contributed by atoms with Crippen molar-refractivity contribution in [2.24, 2.45) is 11.8 Å². The molecular formula is C17H24O2. The zero-order chi connectivity index (χ0) is 13.8. The number of esters is 1. The van der Waals surface area contributed by atoms with Crippen molar-refractivity contribution >= 4 is 5.97 Å². The Hall–Kier alpha value is -1.31. The molecule has 0 amide bonds. The summed E-state index contributed by atoms with van der Waals surface area (Å²) in [7, 11) is 0. The van der Waals surface area contributed by atoms with Gasteiger partial charge in [0, 0.05) is 5.56 Å². The first kappa shape index (κ1) is 14.1. The van der Waals surface area contributed by atoms with E-state index in [0.29, 0.717) is 5.92 Å². The smallest absolute Gasteiger partial charge is 0.339 e. The van der Waals surface area contributed by atoms with Crippen LogP contribution in [0.15, 0.2) is 24.3 Å². The molecule has 1 aliphatic heterocycles. The SMILES string of the molecule is CC(C)CCCC(C)CC1OC(=O)c2ccccc21. The number of hydrogen-bond acceptors (Lipinski definition) is 2. The molecule has 0 bridgehead atoms. The van der Waals surface area contributed by atoms with Crippen molar-refractivity contribution in [3.63, 3.8) is 0 Å². The van der Waals surface area contributed by atoms with Gasteiger partial charge in [0.25, 0.3) is 0 Å². The first-order valence-electron chi connectivity index (χ1n) is 7.38. The second kappa shape index (κ2) is 6.23. The quantitative estimate of drug-likeness (QED) is 0.690. The van der Waals surface area contributed by atoms with Gasteiger partial charge in [0.15, 0.2) is 0 Å². The predicted molar refractivity (Wildman–Crippen MR) is 77.1 cm³/mol. The fraction of sp³-hybridized carbons (Fsp3) is 0.588. The molecule has 0 radical (unpaired) electrons. The van der Waals surface area contributed by atoms with Gasteiger partial charge in [-0.1, -0.05) is 58.2 Å². The van der Waals surface area contributed by atoms with Crippen molar-refractivity contribution in [1.82, 2.24) is 0 Å². The van der Waals surface area contributed by atoms with Crippen LogP contribution in [0.2, 0.25) is 0 Å². The minimum atomic E-state index is -0.157. The van der Waals surface area contributed by atoms with E-state index < -0.39 is 0 Å². The van der Waals surface area contributed by atoms with Crippen molar-refractivity contribution in [1.29, 1.82) is 0 Å². The minimum absolute atomic E-state index is 0.0299. The molecule has 1 aromatic rings. The number of fused-ring (bicyclic) bond motifs is 1. The van der Waals surface area contributed by atoms with E-state index in [1.165, 1.54) is 19.3 Å². The third-order valence-electron chi connectivity index (χ3n) is 3.87. The topological polar surface area (TPSA) is 26.3 Å². The monoisotopic (exact) mass is 260 g/mol. The van der Waals surface area contributed by atoms with Crippen LogP contribution in [0.1, 0.15) is 68.5 Å². The van der Waals surface area contributed by atoms with Crippen LogP contribution in [0.3, 0.4) is 0 Å². The summed E-state index contributed by atoms with van der Waals surface area (Å²) in [4.78, 5) is 11.7. The van der Waals surface area contributed by atoms with Crippen molar-refractivity contribution in [2.75, 3.05) is 0 Å². The van der Waals surface area contributed by atoms with Crippen molar-refractivity contribution in [3.8, 4) is 0 Å². The van der Waals surface area contributed by atoms with Crippen LogP contribution in [0.25, 0.3) is 0 Å². The summed E-state index contributed by atoms with van der Waals surface area (Å²) < 4.78 is 5.49. The van der Waals surface area contributed by atoms with Crippen LogP contribution in [-0.2, 0) is 4.74 Å². The zero-order valence-electron chi connectivity index (χ0n) is 12.2. The molecule has 0 spiro atoms. The van der Waals surface area contributed by atoms with Crippen molar-refractivity contribution in [3.05, 3.63) is 35.4 Å². The summed E-state index contributed by atoms with van der Waals surface area (Å²) in [5.41, 5.74) is 1.82. The summed E-state index contributed by atoms with van der Waals surface area (Å²) in [5.74, 6) is 1.22. The summed E-state index contributed by atoms with van der Waals surface area (Å²) in [6, 6.07) is 7.76. The van der Waals surface area contributed by atoms with E-state index in [2.05, 4.69) is 20.8 Å². The van der Waals surface area contributed by atoms with Gasteiger partial charge in [0.2, 0.25) is 0 Å². The van der Waals surface area contributed by atoms with Gasteiger partial charge in [-0.25, -0.2) is 4.79 Å². The lowest BCUT2D eigenvalue weighted by Gasteiger charge is -2.17. The molecule has 1 aliphatic rings. The molecule has 2 unspecified atom stereocenters. The third kappa shape index (κ3) is 3.59. The maximum Gasteiger partial charge on any atom is 0.339 e. The number of cyclic esters (lactones) is 1. The molecule has 0 fully saturated rings. The summed E-state index contributed by atoms with van der Waals surface area (Å²) in [5, 5.41) is 0. The van der Waals surface area contributed by atoms with Gasteiger partial charge in [-0.05, 0) is 24.3 Å². The fourth-order valence-electron chi connectivity index (χ4n) is 2.75. The number of ether oxygens (including phenoxy) is 1. The first-order chi connectivity index (χ1) is 9.08. The van der Waals surface area contributed by atoms with Gasteiger partial charge in [0.1, 0.15) is 6.10 Å². The molecule has 0 aliphatic carbocycles. The van der Waals surface area contributed by atoms with E-state index in [1.54, 1.807) is 0 Å². The molecule has 2 rings (SSSR count). The summed E-state index contributed by atoms with van der Waals surface area (Å²) in [6.45, 7) is 6.79. The lowest BCUT2D eigenvalue weighted by atomic mass is 9.92. The van der Waals surface area contributed by atoms with E-state index in [0.717, 1.165) is 23.5 Å². The highest BCUT2D eigenvalue weighted by atomic mass is 16.5. The standard InChI is InChI=1S/C17H24O2/c1-12(2)7-6-8-13(3)11-16-14-9-4-5-10-15(14)17(18)19-16/h4-5,9-10,12-13,16H,6-8,11H2,1-3H3. The Morgan fingerprint density at radius 3 is 2.63 bits per heavy atom. The Kier molecular flexibility index (Phi) is 4.62. The Bertz CT molecular complexity index is 437. The second-order valence-electron chi connectivity index (χ2n) is 6.15. The summed E-state index contributed by atoms with van der Waals surface area (Å²) >= 11 is 0. The minimum Gasteiger partial charge on any atom is -0.454 e. The van der Waals surface area contributed by atoms with Gasteiger partial charge in [-0.3, -0.25) is 0 Å². The molecule has 2 heteroatoms. The van der Waals surface area contributed by atoms with E-state index in [4.69, 9.17) is 4.74 Å². The zero-order valence-corrected chi connectivity index (χ0v) is 12.2. The average Bonchev–Trinajstić information content (AvgIpc) is 2.66. The molecular weight excluding hydrogens is 236 g/mol. The van der Waals surface area contributed by atoms with Gasteiger partial charge in [-0.2, -0.15) is 0 Å². The third-order valence-corrected chi connectivity index (χ3v) is 3.87. The van der Waals surface area contributed by atoms with Crippen LogP contribution >= 0.6 is 0 Å². The summed E-state index contributed by atoms with van der Waals surface area (Å²) in [6.07, 6.45) is 4.68. The van der Waals surface area contributed by atoms with Crippen molar-refractivity contribution < 1.29 is 9.53 Å². The van der Waals surface area contributed by atoms with E-state index in [-0.39, 0.29) is 12.1 Å². The Labute approximate surface area is 116 Å². The maximum absolute atomic E-state index is 11.7. The average molecular weight is 260 g/mol. The highest BCUT2D eigenvalue weighted by Crippen LogP contribution is 2.35. The first-order valence-corrected chi connectivity index (χ1v) is 7.38. The van der Waals surface area contributed by atoms with Gasteiger partial charge < -0.3 is 4.74 Å². The van der Waals surface area contributed by atoms with Gasteiger partial charge in [-0.15, -0.1) is 0 Å².